The predicted octanol–water partition coefficient (Wildman–Crippen LogP) is 3.85. The van der Waals surface area contributed by atoms with E-state index in [1.807, 2.05) is 21.1 Å². The zero-order chi connectivity index (χ0) is 20.8. The predicted molar refractivity (Wildman–Crippen MR) is 108 cm³/mol. The molecule has 27 heavy (non-hydrogen) atoms. The summed E-state index contributed by atoms with van der Waals surface area (Å²) in [6.07, 6.45) is 12.6. The van der Waals surface area contributed by atoms with E-state index in [1.54, 1.807) is 0 Å². The monoisotopic (exact) mass is 407 g/mol. The maximum Gasteiger partial charge on any atom is 0.306 e. The molecule has 0 N–H and O–H groups in total. The van der Waals surface area contributed by atoms with Gasteiger partial charge in [0.1, 0.15) is 6.54 Å². The zero-order valence-corrected chi connectivity index (χ0v) is 18.7. The lowest BCUT2D eigenvalue weighted by Gasteiger charge is -2.29. The second-order valence-corrected chi connectivity index (χ2v) is 10.0. The highest BCUT2D eigenvalue weighted by Gasteiger charge is 2.24. The van der Waals surface area contributed by atoms with Crippen LogP contribution in [0, 0.1) is 0 Å². The maximum atomic E-state index is 12.0. The molecule has 0 saturated carbocycles. The number of carbonyl (C=O) groups is 1. The van der Waals surface area contributed by atoms with E-state index < -0.39 is 27.9 Å². The molecule has 0 aliphatic carbocycles. The van der Waals surface area contributed by atoms with Gasteiger partial charge < -0.3 is 13.8 Å². The van der Waals surface area contributed by atoms with Crippen LogP contribution in [0.15, 0.2) is 0 Å². The van der Waals surface area contributed by atoms with E-state index in [-0.39, 0.29) is 6.42 Å². The van der Waals surface area contributed by atoms with Crippen LogP contribution in [0.3, 0.4) is 0 Å². The maximum absolute atomic E-state index is 12.0. The first-order valence-electron chi connectivity index (χ1n) is 10.5. The van der Waals surface area contributed by atoms with Crippen LogP contribution in [0.2, 0.25) is 0 Å². The molecule has 0 aromatic carbocycles. The highest BCUT2D eigenvalue weighted by Crippen LogP contribution is 2.13. The van der Waals surface area contributed by atoms with E-state index in [9.17, 15) is 17.8 Å². The molecule has 0 amide bonds. The largest absolute Gasteiger partial charge is 0.748 e. The standard InChI is InChI=1S/C20H41NO5S/c1-5-6-7-8-9-10-11-12-13-14-15-16-20(22)26-19(17-21(2,3)4)18-27(23,24)25/h19H,5-18H2,1-4H3. The van der Waals surface area contributed by atoms with Crippen LogP contribution in [0.25, 0.3) is 0 Å². The third-order valence-electron chi connectivity index (χ3n) is 4.42. The first kappa shape index (κ1) is 26.3. The van der Waals surface area contributed by atoms with Gasteiger partial charge in [-0.3, -0.25) is 4.79 Å². The van der Waals surface area contributed by atoms with Crippen LogP contribution >= 0.6 is 0 Å². The number of esters is 1. The SMILES string of the molecule is CCCCCCCCCCCCCC(=O)OC(C[N+](C)(C)C)CS(=O)(=O)[O-]. The van der Waals surface area contributed by atoms with Crippen molar-refractivity contribution in [2.45, 2.75) is 90.1 Å². The summed E-state index contributed by atoms with van der Waals surface area (Å²) < 4.78 is 38.7. The van der Waals surface area contributed by atoms with Crippen molar-refractivity contribution in [3.05, 3.63) is 0 Å². The minimum Gasteiger partial charge on any atom is -0.748 e. The number of quaternary nitrogens is 1. The Hall–Kier alpha value is -0.660. The van der Waals surface area contributed by atoms with Gasteiger partial charge in [-0.25, -0.2) is 8.42 Å². The van der Waals surface area contributed by atoms with Gasteiger partial charge in [0.05, 0.1) is 37.0 Å². The first-order valence-corrected chi connectivity index (χ1v) is 12.0. The molecule has 0 aliphatic rings. The summed E-state index contributed by atoms with van der Waals surface area (Å²) in [4.78, 5) is 12.0. The summed E-state index contributed by atoms with van der Waals surface area (Å²) >= 11 is 0. The molecule has 6 nitrogen and oxygen atoms in total. The molecular weight excluding hydrogens is 366 g/mol. The zero-order valence-electron chi connectivity index (χ0n) is 17.9. The van der Waals surface area contributed by atoms with Crippen molar-refractivity contribution < 1.29 is 27.0 Å². The lowest BCUT2D eigenvalue weighted by atomic mass is 10.1. The molecule has 0 aromatic rings. The fourth-order valence-electron chi connectivity index (χ4n) is 3.14. The first-order chi connectivity index (χ1) is 12.5. The summed E-state index contributed by atoms with van der Waals surface area (Å²) in [7, 11) is 1.17. The van der Waals surface area contributed by atoms with Crippen molar-refractivity contribution in [2.24, 2.45) is 0 Å². The lowest BCUT2D eigenvalue weighted by Crippen LogP contribution is -2.45. The Bertz CT molecular complexity index is 485. The van der Waals surface area contributed by atoms with Crippen molar-refractivity contribution in [1.29, 1.82) is 0 Å². The lowest BCUT2D eigenvalue weighted by molar-refractivity contribution is -0.873. The number of likely N-dealkylation sites (N-methyl/N-ethyl adjacent to an activating group) is 1. The second-order valence-electron chi connectivity index (χ2n) is 8.59. The molecule has 0 heterocycles. The van der Waals surface area contributed by atoms with Gasteiger partial charge in [-0.2, -0.15) is 0 Å². The average Bonchev–Trinajstić information content (AvgIpc) is 2.49. The number of hydrogen-bond acceptors (Lipinski definition) is 5. The molecule has 162 valence electrons. The summed E-state index contributed by atoms with van der Waals surface area (Å²) in [6, 6.07) is 0. The third-order valence-corrected chi connectivity index (χ3v) is 5.20. The summed E-state index contributed by atoms with van der Waals surface area (Å²) in [5.41, 5.74) is 0. The molecule has 0 fully saturated rings. The van der Waals surface area contributed by atoms with Crippen molar-refractivity contribution in [2.75, 3.05) is 33.4 Å². The van der Waals surface area contributed by atoms with Crippen LogP contribution < -0.4 is 0 Å². The van der Waals surface area contributed by atoms with Gasteiger partial charge in [0.25, 0.3) is 0 Å². The molecule has 1 atom stereocenters. The Labute approximate surface area is 167 Å². The topological polar surface area (TPSA) is 83.5 Å². The Morgan fingerprint density at radius 3 is 1.74 bits per heavy atom. The van der Waals surface area contributed by atoms with Gasteiger partial charge in [-0.1, -0.05) is 71.1 Å². The minimum absolute atomic E-state index is 0.281. The van der Waals surface area contributed by atoms with E-state index in [1.165, 1.54) is 51.4 Å². The Balaban J connectivity index is 3.86. The number of unbranched alkanes of at least 4 members (excludes halogenated alkanes) is 10. The van der Waals surface area contributed by atoms with Gasteiger partial charge in [-0.15, -0.1) is 0 Å². The summed E-state index contributed by atoms with van der Waals surface area (Å²) in [5, 5.41) is 0. The minimum atomic E-state index is -4.42. The van der Waals surface area contributed by atoms with Crippen molar-refractivity contribution in [3.8, 4) is 0 Å². The fourth-order valence-corrected chi connectivity index (χ4v) is 3.77. The molecule has 0 radical (unpaired) electrons. The summed E-state index contributed by atoms with van der Waals surface area (Å²) in [5.74, 6) is -1.07. The Morgan fingerprint density at radius 2 is 1.33 bits per heavy atom. The Kier molecular flexibility index (Phi) is 14.0. The van der Waals surface area contributed by atoms with Gasteiger partial charge in [0.15, 0.2) is 6.10 Å². The van der Waals surface area contributed by atoms with Gasteiger partial charge in [0.2, 0.25) is 0 Å². The molecular formula is C20H41NO5S. The number of nitrogens with zero attached hydrogens (tertiary/aromatic N) is 1. The summed E-state index contributed by atoms with van der Waals surface area (Å²) in [6.45, 7) is 2.52. The van der Waals surface area contributed by atoms with Crippen LogP contribution in [0.5, 0.6) is 0 Å². The van der Waals surface area contributed by atoms with Crippen LogP contribution in [-0.2, 0) is 19.6 Å². The molecule has 7 heteroatoms. The van der Waals surface area contributed by atoms with E-state index in [4.69, 9.17) is 4.74 Å². The highest BCUT2D eigenvalue weighted by atomic mass is 32.2. The third kappa shape index (κ3) is 19.9. The second kappa shape index (κ2) is 14.4. The molecule has 0 spiro atoms. The van der Waals surface area contributed by atoms with E-state index >= 15 is 0 Å². The number of hydrogen-bond donors (Lipinski definition) is 0. The quantitative estimate of drug-likeness (QED) is 0.158. The molecule has 0 aromatic heterocycles. The number of rotatable bonds is 17. The number of carbonyl (C=O) groups excluding carboxylic acids is 1. The molecule has 0 bridgehead atoms. The van der Waals surface area contributed by atoms with Crippen LogP contribution in [0.1, 0.15) is 84.0 Å². The van der Waals surface area contributed by atoms with Crippen LogP contribution in [-0.4, -0.2) is 63.0 Å². The number of ether oxygens (including phenoxy) is 1. The molecule has 0 saturated heterocycles. The van der Waals surface area contributed by atoms with Gasteiger partial charge in [0, 0.05) is 6.42 Å². The highest BCUT2D eigenvalue weighted by molar-refractivity contribution is 7.85. The van der Waals surface area contributed by atoms with E-state index in [0.29, 0.717) is 11.0 Å². The van der Waals surface area contributed by atoms with Gasteiger partial charge >= 0.3 is 5.97 Å². The molecule has 0 rings (SSSR count). The van der Waals surface area contributed by atoms with Gasteiger partial charge in [-0.05, 0) is 6.42 Å². The average molecular weight is 408 g/mol. The van der Waals surface area contributed by atoms with E-state index in [2.05, 4.69) is 6.92 Å². The fraction of sp³-hybridized carbons (Fsp3) is 0.950. The Morgan fingerprint density at radius 1 is 0.889 bits per heavy atom. The molecule has 0 aliphatic heterocycles. The van der Waals surface area contributed by atoms with Crippen LogP contribution in [0.4, 0.5) is 0 Å². The van der Waals surface area contributed by atoms with E-state index in [0.717, 1.165) is 19.3 Å². The smallest absolute Gasteiger partial charge is 0.306 e. The normalized spacial score (nSPS) is 13.5. The molecule has 1 unspecified atom stereocenters. The van der Waals surface area contributed by atoms with Crippen molar-refractivity contribution in [3.63, 3.8) is 0 Å². The van der Waals surface area contributed by atoms with Crippen molar-refractivity contribution in [1.82, 2.24) is 0 Å². The van der Waals surface area contributed by atoms with Crippen molar-refractivity contribution >= 4 is 16.1 Å².